The van der Waals surface area contributed by atoms with Crippen molar-refractivity contribution in [3.63, 3.8) is 0 Å². The van der Waals surface area contributed by atoms with Gasteiger partial charge in [-0.1, -0.05) is 13.8 Å². The molecule has 0 amide bonds. The maximum absolute atomic E-state index is 9.41. The Hall–Kier alpha value is -1.95. The molecule has 1 aliphatic rings. The second-order valence-electron chi connectivity index (χ2n) is 6.44. The summed E-state index contributed by atoms with van der Waals surface area (Å²) >= 11 is 0. The smallest absolute Gasteiger partial charge is 0.129 e. The highest BCUT2D eigenvalue weighted by atomic mass is 16.3. The molecule has 6 nitrogen and oxygen atoms in total. The summed E-state index contributed by atoms with van der Waals surface area (Å²) in [6, 6.07) is 1.99. The van der Waals surface area contributed by atoms with Crippen molar-refractivity contribution < 1.29 is 5.11 Å². The Bertz CT molecular complexity index is 619. The molecule has 2 aromatic heterocycles. The molecule has 22 heavy (non-hydrogen) atoms. The molecule has 118 valence electrons. The molecule has 0 bridgehead atoms. The molecule has 1 aliphatic carbocycles. The van der Waals surface area contributed by atoms with Gasteiger partial charge in [0, 0.05) is 30.4 Å². The molecule has 2 N–H and O–H groups in total. The van der Waals surface area contributed by atoms with Gasteiger partial charge in [-0.2, -0.15) is 0 Å². The lowest BCUT2D eigenvalue weighted by Gasteiger charge is -2.30. The first-order valence-corrected chi connectivity index (χ1v) is 7.84. The van der Waals surface area contributed by atoms with Gasteiger partial charge in [0.15, 0.2) is 0 Å². The van der Waals surface area contributed by atoms with E-state index in [1.54, 1.807) is 6.33 Å². The van der Waals surface area contributed by atoms with Crippen LogP contribution in [0.1, 0.15) is 44.0 Å². The van der Waals surface area contributed by atoms with Crippen LogP contribution in [-0.4, -0.2) is 30.7 Å². The normalized spacial score (nSPS) is 20.9. The first kappa shape index (κ1) is 15.0. The van der Waals surface area contributed by atoms with Gasteiger partial charge in [0.1, 0.15) is 12.1 Å². The second-order valence-corrected chi connectivity index (χ2v) is 6.44. The van der Waals surface area contributed by atoms with Crippen LogP contribution in [-0.2, 0) is 13.1 Å². The van der Waals surface area contributed by atoms with E-state index in [-0.39, 0.29) is 6.10 Å². The second kappa shape index (κ2) is 6.44. The molecule has 1 saturated carbocycles. The third-order valence-electron chi connectivity index (χ3n) is 4.03. The van der Waals surface area contributed by atoms with Crippen LogP contribution in [0.5, 0.6) is 0 Å². The summed E-state index contributed by atoms with van der Waals surface area (Å²) in [5.74, 6) is 1.78. The Kier molecular flexibility index (Phi) is 4.38. The van der Waals surface area contributed by atoms with Crippen LogP contribution in [0, 0.1) is 5.92 Å². The quantitative estimate of drug-likeness (QED) is 0.855. The van der Waals surface area contributed by atoms with Crippen LogP contribution in [0.3, 0.4) is 0 Å². The van der Waals surface area contributed by atoms with E-state index in [2.05, 4.69) is 38.7 Å². The minimum Gasteiger partial charge on any atom is -0.393 e. The van der Waals surface area contributed by atoms with Gasteiger partial charge >= 0.3 is 0 Å². The standard InChI is InChI=1S/C16H23N5O/c1-11(2)8-21-10-17-6-13(21)7-18-16-5-15(19-9-20-16)12-3-14(22)4-12/h5-6,9-12,14,22H,3-4,7-8H2,1-2H3,(H,18,19,20). The fourth-order valence-electron chi connectivity index (χ4n) is 2.76. The van der Waals surface area contributed by atoms with Gasteiger partial charge in [-0.05, 0) is 18.8 Å². The van der Waals surface area contributed by atoms with Crippen molar-refractivity contribution >= 4 is 5.82 Å². The Morgan fingerprint density at radius 1 is 1.36 bits per heavy atom. The highest BCUT2D eigenvalue weighted by molar-refractivity contribution is 5.36. The number of nitrogens with one attached hydrogen (secondary N) is 1. The molecular weight excluding hydrogens is 278 g/mol. The minimum atomic E-state index is -0.165. The predicted molar refractivity (Wildman–Crippen MR) is 84.4 cm³/mol. The molecule has 2 heterocycles. The van der Waals surface area contributed by atoms with E-state index < -0.39 is 0 Å². The zero-order valence-corrected chi connectivity index (χ0v) is 13.1. The van der Waals surface area contributed by atoms with E-state index in [0.29, 0.717) is 18.4 Å². The summed E-state index contributed by atoms with van der Waals surface area (Å²) in [4.78, 5) is 12.8. The van der Waals surface area contributed by atoms with E-state index >= 15 is 0 Å². The molecule has 0 aliphatic heterocycles. The van der Waals surface area contributed by atoms with Gasteiger partial charge in [-0.3, -0.25) is 0 Å². The van der Waals surface area contributed by atoms with Gasteiger partial charge in [0.2, 0.25) is 0 Å². The lowest BCUT2D eigenvalue weighted by molar-refractivity contribution is 0.0732. The van der Waals surface area contributed by atoms with Crippen molar-refractivity contribution in [1.29, 1.82) is 0 Å². The highest BCUT2D eigenvalue weighted by Crippen LogP contribution is 2.35. The predicted octanol–water partition coefficient (Wildman–Crippen LogP) is 2.18. The van der Waals surface area contributed by atoms with E-state index in [1.807, 2.05) is 18.6 Å². The van der Waals surface area contributed by atoms with Gasteiger partial charge in [-0.15, -0.1) is 0 Å². The molecule has 1 fully saturated rings. The monoisotopic (exact) mass is 301 g/mol. The maximum Gasteiger partial charge on any atom is 0.129 e. The number of aliphatic hydroxyl groups is 1. The number of imidazole rings is 1. The number of hydrogen-bond donors (Lipinski definition) is 2. The molecule has 6 heteroatoms. The van der Waals surface area contributed by atoms with Crippen molar-refractivity contribution in [2.24, 2.45) is 5.92 Å². The van der Waals surface area contributed by atoms with Gasteiger partial charge < -0.3 is 15.0 Å². The zero-order valence-electron chi connectivity index (χ0n) is 13.1. The van der Waals surface area contributed by atoms with Gasteiger partial charge in [-0.25, -0.2) is 15.0 Å². The van der Waals surface area contributed by atoms with Gasteiger partial charge in [0.25, 0.3) is 0 Å². The van der Waals surface area contributed by atoms with Crippen LogP contribution in [0.4, 0.5) is 5.82 Å². The molecular formula is C16H23N5O. The Morgan fingerprint density at radius 2 is 2.18 bits per heavy atom. The fraction of sp³-hybridized carbons (Fsp3) is 0.562. The largest absolute Gasteiger partial charge is 0.393 e. The number of aliphatic hydroxyl groups excluding tert-OH is 1. The summed E-state index contributed by atoms with van der Waals surface area (Å²) in [6.07, 6.45) is 6.79. The summed E-state index contributed by atoms with van der Waals surface area (Å²) in [5.41, 5.74) is 2.16. The average molecular weight is 301 g/mol. The third kappa shape index (κ3) is 3.44. The fourth-order valence-corrected chi connectivity index (χ4v) is 2.76. The Labute approximate surface area is 130 Å². The van der Waals surface area contributed by atoms with Crippen molar-refractivity contribution in [1.82, 2.24) is 19.5 Å². The molecule has 0 saturated heterocycles. The van der Waals surface area contributed by atoms with Crippen LogP contribution < -0.4 is 5.32 Å². The first-order chi connectivity index (χ1) is 10.6. The van der Waals surface area contributed by atoms with E-state index in [9.17, 15) is 5.11 Å². The van der Waals surface area contributed by atoms with Crippen molar-refractivity contribution in [3.05, 3.63) is 36.3 Å². The first-order valence-electron chi connectivity index (χ1n) is 7.84. The van der Waals surface area contributed by atoms with E-state index in [4.69, 9.17) is 0 Å². The molecule has 0 radical (unpaired) electrons. The lowest BCUT2D eigenvalue weighted by atomic mass is 9.80. The van der Waals surface area contributed by atoms with Crippen LogP contribution in [0.2, 0.25) is 0 Å². The Balaban J connectivity index is 1.62. The Morgan fingerprint density at radius 3 is 2.91 bits per heavy atom. The van der Waals surface area contributed by atoms with Gasteiger partial charge in [0.05, 0.1) is 24.7 Å². The van der Waals surface area contributed by atoms with E-state index in [1.165, 1.54) is 0 Å². The molecule has 0 spiro atoms. The van der Waals surface area contributed by atoms with Crippen molar-refractivity contribution in [2.45, 2.75) is 51.8 Å². The number of hydrogen-bond acceptors (Lipinski definition) is 5. The summed E-state index contributed by atoms with van der Waals surface area (Å²) in [7, 11) is 0. The average Bonchev–Trinajstić information content (AvgIpc) is 2.88. The number of aromatic nitrogens is 4. The lowest BCUT2D eigenvalue weighted by Crippen LogP contribution is -2.27. The zero-order chi connectivity index (χ0) is 15.5. The minimum absolute atomic E-state index is 0.165. The SMILES string of the molecule is CC(C)Cn1cncc1CNc1cc(C2CC(O)C2)ncn1. The summed E-state index contributed by atoms with van der Waals surface area (Å²) < 4.78 is 2.17. The molecule has 0 unspecified atom stereocenters. The van der Waals surface area contributed by atoms with E-state index in [0.717, 1.165) is 36.6 Å². The third-order valence-corrected chi connectivity index (χ3v) is 4.03. The maximum atomic E-state index is 9.41. The van der Waals surface area contributed by atoms with Crippen LogP contribution >= 0.6 is 0 Å². The molecule has 0 atom stereocenters. The van der Waals surface area contributed by atoms with Crippen molar-refractivity contribution in [2.75, 3.05) is 5.32 Å². The highest BCUT2D eigenvalue weighted by Gasteiger charge is 2.29. The number of nitrogens with zero attached hydrogens (tertiary/aromatic N) is 4. The van der Waals surface area contributed by atoms with Crippen LogP contribution in [0.15, 0.2) is 24.9 Å². The topological polar surface area (TPSA) is 75.9 Å². The summed E-state index contributed by atoms with van der Waals surface area (Å²) in [5, 5.41) is 12.8. The molecule has 3 rings (SSSR count). The number of rotatable bonds is 6. The van der Waals surface area contributed by atoms with Crippen LogP contribution in [0.25, 0.3) is 0 Å². The van der Waals surface area contributed by atoms with Crippen molar-refractivity contribution in [3.8, 4) is 0 Å². The summed E-state index contributed by atoms with van der Waals surface area (Å²) in [6.45, 7) is 6.05. The molecule has 2 aromatic rings. The molecule has 0 aromatic carbocycles. The number of anilines is 1.